The van der Waals surface area contributed by atoms with Gasteiger partial charge in [-0.1, -0.05) is 63.4 Å². The van der Waals surface area contributed by atoms with Crippen LogP contribution in [0.25, 0.3) is 0 Å². The highest BCUT2D eigenvalue weighted by molar-refractivity contribution is 9.10. The van der Waals surface area contributed by atoms with Crippen molar-refractivity contribution in [2.24, 2.45) is 0 Å². The van der Waals surface area contributed by atoms with Gasteiger partial charge in [0.05, 0.1) is 10.6 Å². The third-order valence-corrected chi connectivity index (χ3v) is 8.20. The Morgan fingerprint density at radius 3 is 2.25 bits per heavy atom. The molecule has 2 amide bonds. The SMILES string of the molecule is CNC(=O)[C@H](C)N(Cc1ccc(Cl)cc1)C(=O)CN(c1cccc(Br)c1)S(=O)(=O)c1ccc(C)cc1. The summed E-state index contributed by atoms with van der Waals surface area (Å²) < 4.78 is 29.2. The first-order chi connectivity index (χ1) is 17.0. The highest BCUT2D eigenvalue weighted by atomic mass is 79.9. The number of sulfonamides is 1. The van der Waals surface area contributed by atoms with Gasteiger partial charge in [0, 0.05) is 23.1 Å². The van der Waals surface area contributed by atoms with Crippen LogP contribution in [-0.4, -0.2) is 44.8 Å². The molecule has 0 bridgehead atoms. The summed E-state index contributed by atoms with van der Waals surface area (Å²) in [5.74, 6) is -0.899. The first-order valence-electron chi connectivity index (χ1n) is 11.1. The normalized spacial score (nSPS) is 12.0. The molecule has 3 aromatic rings. The molecular formula is C26H27BrClN3O4S. The molecule has 0 radical (unpaired) electrons. The van der Waals surface area contributed by atoms with Crippen molar-refractivity contribution in [2.75, 3.05) is 17.9 Å². The van der Waals surface area contributed by atoms with Crippen LogP contribution < -0.4 is 9.62 Å². The van der Waals surface area contributed by atoms with Crippen LogP contribution in [0.5, 0.6) is 0 Å². The third kappa shape index (κ3) is 6.66. The molecule has 7 nitrogen and oxygen atoms in total. The second-order valence-electron chi connectivity index (χ2n) is 8.24. The molecule has 190 valence electrons. The van der Waals surface area contributed by atoms with Crippen LogP contribution in [-0.2, 0) is 26.2 Å². The molecule has 1 N–H and O–H groups in total. The summed E-state index contributed by atoms with van der Waals surface area (Å²) in [4.78, 5) is 27.6. The van der Waals surface area contributed by atoms with Gasteiger partial charge in [0.1, 0.15) is 12.6 Å². The first kappa shape index (κ1) is 27.7. The molecule has 3 aromatic carbocycles. The van der Waals surface area contributed by atoms with Gasteiger partial charge in [-0.05, 0) is 61.9 Å². The Bertz CT molecular complexity index is 1330. The summed E-state index contributed by atoms with van der Waals surface area (Å²) in [7, 11) is -2.61. The van der Waals surface area contributed by atoms with E-state index in [1.54, 1.807) is 67.6 Å². The maximum absolute atomic E-state index is 13.7. The fraction of sp³-hybridized carbons (Fsp3) is 0.231. The van der Waals surface area contributed by atoms with Crippen LogP contribution in [0.15, 0.2) is 82.2 Å². The number of aryl methyl sites for hydroxylation is 1. The van der Waals surface area contributed by atoms with Gasteiger partial charge in [-0.25, -0.2) is 8.42 Å². The molecule has 3 rings (SSSR count). The highest BCUT2D eigenvalue weighted by Gasteiger charge is 2.32. The van der Waals surface area contributed by atoms with Crippen LogP contribution in [0.3, 0.4) is 0 Å². The molecule has 0 heterocycles. The van der Waals surface area contributed by atoms with Crippen molar-refractivity contribution in [1.29, 1.82) is 0 Å². The summed E-state index contributed by atoms with van der Waals surface area (Å²) in [6.45, 7) is 3.06. The highest BCUT2D eigenvalue weighted by Crippen LogP contribution is 2.27. The molecule has 0 saturated heterocycles. The number of benzene rings is 3. The molecule has 36 heavy (non-hydrogen) atoms. The van der Waals surface area contributed by atoms with Crippen molar-refractivity contribution < 1.29 is 18.0 Å². The van der Waals surface area contributed by atoms with E-state index in [0.29, 0.717) is 15.2 Å². The Balaban J connectivity index is 2.02. The van der Waals surface area contributed by atoms with Gasteiger partial charge in [-0.15, -0.1) is 0 Å². The molecule has 10 heteroatoms. The van der Waals surface area contributed by atoms with Crippen molar-refractivity contribution >= 4 is 55.1 Å². The minimum atomic E-state index is -4.10. The number of carbonyl (C=O) groups is 2. The van der Waals surface area contributed by atoms with Crippen molar-refractivity contribution in [3.63, 3.8) is 0 Å². The molecular weight excluding hydrogens is 566 g/mol. The van der Waals surface area contributed by atoms with E-state index >= 15 is 0 Å². The first-order valence-corrected chi connectivity index (χ1v) is 13.7. The van der Waals surface area contributed by atoms with E-state index in [9.17, 15) is 18.0 Å². The molecule has 0 aliphatic rings. The lowest BCUT2D eigenvalue weighted by atomic mass is 10.1. The number of halogens is 2. The number of hydrogen-bond donors (Lipinski definition) is 1. The molecule has 0 aliphatic heterocycles. The fourth-order valence-corrected chi connectivity index (χ4v) is 5.49. The van der Waals surface area contributed by atoms with Gasteiger partial charge in [-0.3, -0.25) is 13.9 Å². The van der Waals surface area contributed by atoms with E-state index in [0.717, 1.165) is 15.4 Å². The number of nitrogens with one attached hydrogen (secondary N) is 1. The van der Waals surface area contributed by atoms with Crippen LogP contribution in [0, 0.1) is 6.92 Å². The lowest BCUT2D eigenvalue weighted by Crippen LogP contribution is -2.50. The fourth-order valence-electron chi connectivity index (χ4n) is 3.58. The maximum Gasteiger partial charge on any atom is 0.264 e. The zero-order valence-electron chi connectivity index (χ0n) is 20.1. The molecule has 0 aromatic heterocycles. The van der Waals surface area contributed by atoms with E-state index < -0.39 is 28.5 Å². The van der Waals surface area contributed by atoms with Gasteiger partial charge in [0.2, 0.25) is 11.8 Å². The molecule has 0 saturated carbocycles. The van der Waals surface area contributed by atoms with Crippen molar-refractivity contribution in [3.8, 4) is 0 Å². The van der Waals surface area contributed by atoms with Crippen molar-refractivity contribution in [1.82, 2.24) is 10.2 Å². The van der Waals surface area contributed by atoms with Crippen molar-refractivity contribution in [2.45, 2.75) is 31.3 Å². The molecule has 0 fully saturated rings. The van der Waals surface area contributed by atoms with Crippen molar-refractivity contribution in [3.05, 3.63) is 93.4 Å². The lowest BCUT2D eigenvalue weighted by molar-refractivity contribution is -0.139. The number of hydrogen-bond acceptors (Lipinski definition) is 4. The largest absolute Gasteiger partial charge is 0.357 e. The smallest absolute Gasteiger partial charge is 0.264 e. The van der Waals surface area contributed by atoms with Gasteiger partial charge < -0.3 is 10.2 Å². The Hall–Kier alpha value is -2.88. The Labute approximate surface area is 225 Å². The summed E-state index contributed by atoms with van der Waals surface area (Å²) in [5.41, 5.74) is 1.98. The number of likely N-dealkylation sites (N-methyl/N-ethyl adjacent to an activating group) is 1. The third-order valence-electron chi connectivity index (χ3n) is 5.66. The van der Waals surface area contributed by atoms with Crippen LogP contribution in [0.2, 0.25) is 5.02 Å². The second kappa shape index (κ2) is 11.9. The average molecular weight is 593 g/mol. The van der Waals surface area contributed by atoms with Crippen LogP contribution >= 0.6 is 27.5 Å². The summed E-state index contributed by atoms with van der Waals surface area (Å²) in [6.07, 6.45) is 0. The summed E-state index contributed by atoms with van der Waals surface area (Å²) in [6, 6.07) is 19.2. The summed E-state index contributed by atoms with van der Waals surface area (Å²) >= 11 is 9.37. The van der Waals surface area contributed by atoms with Crippen LogP contribution in [0.1, 0.15) is 18.1 Å². The zero-order valence-corrected chi connectivity index (χ0v) is 23.3. The predicted molar refractivity (Wildman–Crippen MR) is 145 cm³/mol. The predicted octanol–water partition coefficient (Wildman–Crippen LogP) is 4.77. The lowest BCUT2D eigenvalue weighted by Gasteiger charge is -2.31. The van der Waals surface area contributed by atoms with Gasteiger partial charge in [0.25, 0.3) is 10.0 Å². The Kier molecular flexibility index (Phi) is 9.16. The monoisotopic (exact) mass is 591 g/mol. The maximum atomic E-state index is 13.7. The minimum absolute atomic E-state index is 0.0597. The quantitative estimate of drug-likeness (QED) is 0.388. The molecule has 0 spiro atoms. The van der Waals surface area contributed by atoms with Crippen LogP contribution in [0.4, 0.5) is 5.69 Å². The molecule has 0 aliphatic carbocycles. The van der Waals surface area contributed by atoms with E-state index in [1.165, 1.54) is 24.1 Å². The van der Waals surface area contributed by atoms with E-state index in [1.807, 2.05) is 6.92 Å². The van der Waals surface area contributed by atoms with Gasteiger partial charge >= 0.3 is 0 Å². The number of carbonyl (C=O) groups excluding carboxylic acids is 2. The molecule has 1 atom stereocenters. The average Bonchev–Trinajstić information content (AvgIpc) is 2.86. The van der Waals surface area contributed by atoms with Gasteiger partial charge in [-0.2, -0.15) is 0 Å². The number of amides is 2. The minimum Gasteiger partial charge on any atom is -0.357 e. The van der Waals surface area contributed by atoms with E-state index in [-0.39, 0.29) is 17.3 Å². The molecule has 0 unspecified atom stereocenters. The number of nitrogens with zero attached hydrogens (tertiary/aromatic N) is 2. The Morgan fingerprint density at radius 1 is 1.03 bits per heavy atom. The standard InChI is InChI=1S/C26H27BrClN3O4S/c1-18-7-13-24(14-8-18)36(34,35)31(23-6-4-5-21(27)15-23)17-25(32)30(19(2)26(33)29-3)16-20-9-11-22(28)12-10-20/h4-15,19H,16-17H2,1-3H3,(H,29,33)/t19-/m0/s1. The zero-order chi connectivity index (χ0) is 26.5. The Morgan fingerprint density at radius 2 is 1.67 bits per heavy atom. The number of rotatable bonds is 9. The number of anilines is 1. The second-order valence-corrected chi connectivity index (χ2v) is 11.5. The van der Waals surface area contributed by atoms with E-state index in [4.69, 9.17) is 11.6 Å². The summed E-state index contributed by atoms with van der Waals surface area (Å²) in [5, 5.41) is 3.10. The topological polar surface area (TPSA) is 86.8 Å². The van der Waals surface area contributed by atoms with Gasteiger partial charge in [0.15, 0.2) is 0 Å². The van der Waals surface area contributed by atoms with E-state index in [2.05, 4.69) is 21.2 Å².